The summed E-state index contributed by atoms with van der Waals surface area (Å²) < 4.78 is 4.84. The van der Waals surface area contributed by atoms with E-state index in [9.17, 15) is 4.79 Å². The molecule has 0 unspecified atom stereocenters. The average molecular weight is 213 g/mol. The summed E-state index contributed by atoms with van der Waals surface area (Å²) >= 11 is 5.39. The zero-order valence-electron chi connectivity index (χ0n) is 7.91. The van der Waals surface area contributed by atoms with Crippen LogP contribution in [0.4, 0.5) is 0 Å². The van der Waals surface area contributed by atoms with Crippen molar-refractivity contribution in [1.82, 2.24) is 0 Å². The molecule has 0 saturated heterocycles. The fourth-order valence-electron chi connectivity index (χ4n) is 1.12. The number of rotatable bonds is 5. The Morgan fingerprint density at radius 1 is 1.29 bits per heavy atom. The van der Waals surface area contributed by atoms with Gasteiger partial charge < -0.3 is 4.74 Å². The SMILES string of the molecule is O=C(CCc1ccccc1)OCCCl. The summed E-state index contributed by atoms with van der Waals surface area (Å²) in [6.07, 6.45) is 1.14. The van der Waals surface area contributed by atoms with Gasteiger partial charge >= 0.3 is 5.97 Å². The topological polar surface area (TPSA) is 26.3 Å². The van der Waals surface area contributed by atoms with Crippen LogP contribution in [0.25, 0.3) is 0 Å². The van der Waals surface area contributed by atoms with Gasteiger partial charge in [-0.15, -0.1) is 11.6 Å². The number of halogens is 1. The molecule has 14 heavy (non-hydrogen) atoms. The fourth-order valence-corrected chi connectivity index (χ4v) is 1.19. The highest BCUT2D eigenvalue weighted by molar-refractivity contribution is 6.18. The predicted octanol–water partition coefficient (Wildman–Crippen LogP) is 2.40. The summed E-state index contributed by atoms with van der Waals surface area (Å²) in [5.74, 6) is 0.173. The first-order chi connectivity index (χ1) is 6.83. The van der Waals surface area contributed by atoms with E-state index in [-0.39, 0.29) is 5.97 Å². The van der Waals surface area contributed by atoms with Gasteiger partial charge in [-0.05, 0) is 12.0 Å². The Balaban J connectivity index is 2.24. The monoisotopic (exact) mass is 212 g/mol. The van der Waals surface area contributed by atoms with Crippen molar-refractivity contribution >= 4 is 17.6 Å². The van der Waals surface area contributed by atoms with Gasteiger partial charge in [-0.2, -0.15) is 0 Å². The molecule has 0 fully saturated rings. The Morgan fingerprint density at radius 2 is 2.00 bits per heavy atom. The number of alkyl halides is 1. The van der Waals surface area contributed by atoms with Crippen molar-refractivity contribution in [2.75, 3.05) is 12.5 Å². The first-order valence-corrected chi connectivity index (χ1v) is 5.12. The molecule has 0 aliphatic heterocycles. The van der Waals surface area contributed by atoms with Crippen molar-refractivity contribution in [3.05, 3.63) is 35.9 Å². The van der Waals surface area contributed by atoms with E-state index in [0.29, 0.717) is 18.9 Å². The number of carbonyl (C=O) groups is 1. The molecule has 0 spiro atoms. The Hall–Kier alpha value is -1.02. The maximum atomic E-state index is 11.1. The summed E-state index contributed by atoms with van der Waals surface area (Å²) in [6.45, 7) is 0.301. The number of aryl methyl sites for hydroxylation is 1. The largest absolute Gasteiger partial charge is 0.464 e. The summed E-state index contributed by atoms with van der Waals surface area (Å²) in [7, 11) is 0. The lowest BCUT2D eigenvalue weighted by molar-refractivity contribution is -0.142. The van der Waals surface area contributed by atoms with Crippen molar-refractivity contribution in [2.24, 2.45) is 0 Å². The molecule has 0 heterocycles. The number of ether oxygens (including phenoxy) is 1. The highest BCUT2D eigenvalue weighted by Crippen LogP contribution is 2.03. The lowest BCUT2D eigenvalue weighted by Crippen LogP contribution is -2.07. The third-order valence-corrected chi connectivity index (χ3v) is 1.96. The minimum absolute atomic E-state index is 0.186. The van der Waals surface area contributed by atoms with E-state index in [4.69, 9.17) is 16.3 Å². The Morgan fingerprint density at radius 3 is 2.64 bits per heavy atom. The first kappa shape index (κ1) is 11.1. The van der Waals surface area contributed by atoms with E-state index in [1.807, 2.05) is 30.3 Å². The molecule has 0 bridgehead atoms. The second-order valence-corrected chi connectivity index (χ2v) is 3.27. The van der Waals surface area contributed by atoms with Crippen LogP contribution >= 0.6 is 11.6 Å². The van der Waals surface area contributed by atoms with Crippen molar-refractivity contribution in [3.8, 4) is 0 Å². The van der Waals surface area contributed by atoms with Gasteiger partial charge in [0.1, 0.15) is 6.61 Å². The Kier molecular flexibility index (Phi) is 5.08. The summed E-state index contributed by atoms with van der Waals surface area (Å²) in [5, 5.41) is 0. The molecule has 0 amide bonds. The smallest absolute Gasteiger partial charge is 0.306 e. The maximum absolute atomic E-state index is 11.1. The van der Waals surface area contributed by atoms with E-state index in [2.05, 4.69) is 0 Å². The van der Waals surface area contributed by atoms with Crippen LogP contribution in [-0.2, 0) is 16.0 Å². The second-order valence-electron chi connectivity index (χ2n) is 2.90. The predicted molar refractivity (Wildman–Crippen MR) is 56.4 cm³/mol. The molecule has 0 aliphatic carbocycles. The minimum Gasteiger partial charge on any atom is -0.464 e. The van der Waals surface area contributed by atoms with Crippen LogP contribution in [0.3, 0.4) is 0 Å². The Labute approximate surface area is 88.8 Å². The van der Waals surface area contributed by atoms with Gasteiger partial charge in [0.2, 0.25) is 0 Å². The van der Waals surface area contributed by atoms with Crippen LogP contribution in [0.15, 0.2) is 30.3 Å². The van der Waals surface area contributed by atoms with E-state index in [1.165, 1.54) is 0 Å². The van der Waals surface area contributed by atoms with Gasteiger partial charge in [-0.25, -0.2) is 0 Å². The van der Waals surface area contributed by atoms with Crippen molar-refractivity contribution < 1.29 is 9.53 Å². The average Bonchev–Trinajstić information content (AvgIpc) is 2.25. The van der Waals surface area contributed by atoms with Crippen LogP contribution in [-0.4, -0.2) is 18.5 Å². The number of carbonyl (C=O) groups excluding carboxylic acids is 1. The standard InChI is InChI=1S/C11H13ClO2/c12-8-9-14-11(13)7-6-10-4-2-1-3-5-10/h1-5H,6-9H2. The summed E-state index contributed by atoms with van der Waals surface area (Å²) in [4.78, 5) is 11.1. The number of hydrogen-bond donors (Lipinski definition) is 0. The molecular weight excluding hydrogens is 200 g/mol. The highest BCUT2D eigenvalue weighted by Gasteiger charge is 2.02. The molecule has 1 rings (SSSR count). The van der Waals surface area contributed by atoms with Gasteiger partial charge in [0.05, 0.1) is 5.88 Å². The Bertz CT molecular complexity index is 272. The molecule has 0 N–H and O–H groups in total. The van der Waals surface area contributed by atoms with E-state index >= 15 is 0 Å². The number of hydrogen-bond acceptors (Lipinski definition) is 2. The quantitative estimate of drug-likeness (QED) is 0.554. The lowest BCUT2D eigenvalue weighted by Gasteiger charge is -2.02. The third kappa shape index (κ3) is 4.28. The molecule has 2 nitrogen and oxygen atoms in total. The molecule has 0 saturated carbocycles. The first-order valence-electron chi connectivity index (χ1n) is 4.58. The van der Waals surface area contributed by atoms with E-state index in [1.54, 1.807) is 0 Å². The van der Waals surface area contributed by atoms with Gasteiger partial charge in [0.25, 0.3) is 0 Å². The molecular formula is C11H13ClO2. The van der Waals surface area contributed by atoms with E-state index < -0.39 is 0 Å². The molecule has 1 aromatic rings. The second kappa shape index (κ2) is 6.44. The minimum atomic E-state index is -0.186. The van der Waals surface area contributed by atoms with Crippen molar-refractivity contribution in [1.29, 1.82) is 0 Å². The number of benzene rings is 1. The molecule has 0 aliphatic rings. The van der Waals surface area contributed by atoms with Crippen LogP contribution < -0.4 is 0 Å². The summed E-state index contributed by atoms with van der Waals surface area (Å²) in [5.41, 5.74) is 1.15. The van der Waals surface area contributed by atoms with Crippen LogP contribution in [0.5, 0.6) is 0 Å². The highest BCUT2D eigenvalue weighted by atomic mass is 35.5. The number of esters is 1. The molecule has 0 aromatic heterocycles. The van der Waals surface area contributed by atoms with E-state index in [0.717, 1.165) is 12.0 Å². The molecule has 0 atom stereocenters. The third-order valence-electron chi connectivity index (χ3n) is 1.80. The van der Waals surface area contributed by atoms with Crippen LogP contribution in [0.2, 0.25) is 0 Å². The zero-order valence-corrected chi connectivity index (χ0v) is 8.67. The molecule has 3 heteroatoms. The molecule has 76 valence electrons. The van der Waals surface area contributed by atoms with Gasteiger partial charge in [-0.1, -0.05) is 30.3 Å². The summed E-state index contributed by atoms with van der Waals surface area (Å²) in [6, 6.07) is 9.86. The molecule has 0 radical (unpaired) electrons. The van der Waals surface area contributed by atoms with Gasteiger partial charge in [-0.3, -0.25) is 4.79 Å². The zero-order chi connectivity index (χ0) is 10.2. The normalized spacial score (nSPS) is 9.79. The fraction of sp³-hybridized carbons (Fsp3) is 0.364. The maximum Gasteiger partial charge on any atom is 0.306 e. The van der Waals surface area contributed by atoms with Crippen LogP contribution in [0, 0.1) is 0 Å². The van der Waals surface area contributed by atoms with Crippen LogP contribution in [0.1, 0.15) is 12.0 Å². The van der Waals surface area contributed by atoms with Gasteiger partial charge in [0.15, 0.2) is 0 Å². The van der Waals surface area contributed by atoms with Crippen molar-refractivity contribution in [3.63, 3.8) is 0 Å². The molecule has 1 aromatic carbocycles. The van der Waals surface area contributed by atoms with Gasteiger partial charge in [0, 0.05) is 6.42 Å². The lowest BCUT2D eigenvalue weighted by atomic mass is 10.1. The van der Waals surface area contributed by atoms with Crippen molar-refractivity contribution in [2.45, 2.75) is 12.8 Å².